The maximum atomic E-state index is 3.56. The first kappa shape index (κ1) is 14.6. The molecule has 0 fully saturated rings. The lowest BCUT2D eigenvalue weighted by Crippen LogP contribution is -2.04. The van der Waals surface area contributed by atoms with Crippen molar-refractivity contribution in [2.75, 3.05) is 5.32 Å². The monoisotopic (exact) mass is 267 g/mol. The van der Waals surface area contributed by atoms with Gasteiger partial charge in [-0.15, -0.1) is 0 Å². The summed E-state index contributed by atoms with van der Waals surface area (Å²) in [6, 6.07) is 13.2. The van der Waals surface area contributed by atoms with Gasteiger partial charge in [-0.05, 0) is 61.1 Å². The number of anilines is 1. The van der Waals surface area contributed by atoms with Gasteiger partial charge >= 0.3 is 0 Å². The fourth-order valence-corrected chi connectivity index (χ4v) is 2.69. The van der Waals surface area contributed by atoms with E-state index < -0.39 is 0 Å². The third kappa shape index (κ3) is 3.41. The van der Waals surface area contributed by atoms with Crippen molar-refractivity contribution in [1.82, 2.24) is 0 Å². The minimum atomic E-state index is 0.569. The molecule has 2 aromatic rings. The molecule has 1 heteroatoms. The zero-order valence-electron chi connectivity index (χ0n) is 13.2. The van der Waals surface area contributed by atoms with E-state index in [2.05, 4.69) is 76.3 Å². The fraction of sp³-hybridized carbons (Fsp3) is 0.368. The quantitative estimate of drug-likeness (QED) is 0.787. The molecule has 2 aromatic carbocycles. The predicted molar refractivity (Wildman–Crippen MR) is 88.5 cm³/mol. The first-order valence-electron chi connectivity index (χ1n) is 7.38. The fourth-order valence-electron chi connectivity index (χ4n) is 2.69. The van der Waals surface area contributed by atoms with Crippen LogP contribution in [0.2, 0.25) is 0 Å². The van der Waals surface area contributed by atoms with E-state index in [1.54, 1.807) is 0 Å². The molecular weight excluding hydrogens is 242 g/mol. The van der Waals surface area contributed by atoms with Crippen LogP contribution in [0.1, 0.15) is 47.6 Å². The van der Waals surface area contributed by atoms with Gasteiger partial charge < -0.3 is 5.32 Å². The zero-order chi connectivity index (χ0) is 14.7. The molecule has 0 saturated carbocycles. The lowest BCUT2D eigenvalue weighted by atomic mass is 9.99. The lowest BCUT2D eigenvalue weighted by molar-refractivity contribution is 0.866. The normalized spacial score (nSPS) is 10.9. The number of hydrogen-bond acceptors (Lipinski definition) is 1. The van der Waals surface area contributed by atoms with Gasteiger partial charge in [-0.25, -0.2) is 0 Å². The third-order valence-corrected chi connectivity index (χ3v) is 3.86. The Morgan fingerprint density at radius 1 is 0.950 bits per heavy atom. The van der Waals surface area contributed by atoms with Gasteiger partial charge in [0.05, 0.1) is 0 Å². The first-order chi connectivity index (χ1) is 9.47. The van der Waals surface area contributed by atoms with Gasteiger partial charge in [0.15, 0.2) is 0 Å². The highest BCUT2D eigenvalue weighted by molar-refractivity contribution is 5.48. The third-order valence-electron chi connectivity index (χ3n) is 3.86. The Kier molecular flexibility index (Phi) is 4.49. The first-order valence-corrected chi connectivity index (χ1v) is 7.38. The highest BCUT2D eigenvalue weighted by Crippen LogP contribution is 2.21. The predicted octanol–water partition coefficient (Wildman–Crippen LogP) is 5.35. The molecular formula is C19H25N. The van der Waals surface area contributed by atoms with E-state index in [4.69, 9.17) is 0 Å². The van der Waals surface area contributed by atoms with Gasteiger partial charge in [-0.3, -0.25) is 0 Å². The number of rotatable bonds is 4. The van der Waals surface area contributed by atoms with Gasteiger partial charge in [0.1, 0.15) is 0 Å². The summed E-state index contributed by atoms with van der Waals surface area (Å²) in [5.74, 6) is 0.569. The summed E-state index contributed by atoms with van der Waals surface area (Å²) in [5.41, 5.74) is 8.07. The Bertz CT molecular complexity index is 573. The molecule has 20 heavy (non-hydrogen) atoms. The van der Waals surface area contributed by atoms with Crippen molar-refractivity contribution in [3.05, 3.63) is 64.2 Å². The van der Waals surface area contributed by atoms with Crippen molar-refractivity contribution in [2.24, 2.45) is 0 Å². The van der Waals surface area contributed by atoms with Gasteiger partial charge in [0.2, 0.25) is 0 Å². The molecule has 0 atom stereocenters. The Hall–Kier alpha value is -1.76. The van der Waals surface area contributed by atoms with Crippen molar-refractivity contribution in [3.63, 3.8) is 0 Å². The maximum absolute atomic E-state index is 3.56. The van der Waals surface area contributed by atoms with Crippen molar-refractivity contribution in [1.29, 1.82) is 0 Å². The maximum Gasteiger partial charge on any atom is 0.0406 e. The molecule has 0 unspecified atom stereocenters. The van der Waals surface area contributed by atoms with Crippen LogP contribution in [-0.4, -0.2) is 0 Å². The Morgan fingerprint density at radius 2 is 1.60 bits per heavy atom. The lowest BCUT2D eigenvalue weighted by Gasteiger charge is -2.14. The highest BCUT2D eigenvalue weighted by atomic mass is 14.9. The van der Waals surface area contributed by atoms with Crippen LogP contribution < -0.4 is 5.32 Å². The van der Waals surface area contributed by atoms with Gasteiger partial charge in [0, 0.05) is 12.2 Å². The van der Waals surface area contributed by atoms with Gasteiger partial charge in [0.25, 0.3) is 0 Å². The molecule has 2 rings (SSSR count). The summed E-state index contributed by atoms with van der Waals surface area (Å²) in [6.07, 6.45) is 0. The van der Waals surface area contributed by atoms with E-state index in [0.717, 1.165) is 6.54 Å². The smallest absolute Gasteiger partial charge is 0.0406 e. The van der Waals surface area contributed by atoms with Crippen molar-refractivity contribution in [3.8, 4) is 0 Å². The van der Waals surface area contributed by atoms with Crippen molar-refractivity contribution >= 4 is 5.69 Å². The van der Waals surface area contributed by atoms with E-state index in [-0.39, 0.29) is 0 Å². The minimum Gasteiger partial charge on any atom is -0.381 e. The van der Waals surface area contributed by atoms with Crippen LogP contribution in [0.3, 0.4) is 0 Å². The summed E-state index contributed by atoms with van der Waals surface area (Å²) in [7, 11) is 0. The van der Waals surface area contributed by atoms with E-state index in [0.29, 0.717) is 5.92 Å². The van der Waals surface area contributed by atoms with Crippen LogP contribution in [0.4, 0.5) is 5.69 Å². The largest absolute Gasteiger partial charge is 0.381 e. The minimum absolute atomic E-state index is 0.569. The molecule has 106 valence electrons. The summed E-state index contributed by atoms with van der Waals surface area (Å²) in [4.78, 5) is 0. The standard InChI is InChI=1S/C19H25N/c1-13(2)17-7-6-8-18(11-17)20-12-19-15(4)9-14(3)10-16(19)5/h6-11,13,20H,12H2,1-5H3. The van der Waals surface area contributed by atoms with Gasteiger partial charge in [-0.1, -0.05) is 43.7 Å². The van der Waals surface area contributed by atoms with E-state index in [1.165, 1.54) is 33.5 Å². The average molecular weight is 267 g/mol. The molecule has 0 bridgehead atoms. The summed E-state index contributed by atoms with van der Waals surface area (Å²) in [6.45, 7) is 11.9. The Labute approximate surface area is 123 Å². The molecule has 0 heterocycles. The number of hydrogen-bond donors (Lipinski definition) is 1. The summed E-state index contributed by atoms with van der Waals surface area (Å²) in [5, 5.41) is 3.56. The molecule has 0 aromatic heterocycles. The van der Waals surface area contributed by atoms with Crippen LogP contribution in [-0.2, 0) is 6.54 Å². The Balaban J connectivity index is 2.15. The number of benzene rings is 2. The van der Waals surface area contributed by atoms with E-state index >= 15 is 0 Å². The molecule has 1 N–H and O–H groups in total. The molecule has 0 amide bonds. The van der Waals surface area contributed by atoms with Crippen LogP contribution in [0.5, 0.6) is 0 Å². The SMILES string of the molecule is Cc1cc(C)c(CNc2cccc(C(C)C)c2)c(C)c1. The van der Waals surface area contributed by atoms with E-state index in [1.807, 2.05) is 0 Å². The van der Waals surface area contributed by atoms with Crippen molar-refractivity contribution in [2.45, 2.75) is 47.1 Å². The van der Waals surface area contributed by atoms with Crippen molar-refractivity contribution < 1.29 is 0 Å². The molecule has 0 aliphatic heterocycles. The van der Waals surface area contributed by atoms with Crippen LogP contribution in [0.15, 0.2) is 36.4 Å². The van der Waals surface area contributed by atoms with Crippen LogP contribution in [0.25, 0.3) is 0 Å². The number of aryl methyl sites for hydroxylation is 3. The molecule has 0 saturated heterocycles. The zero-order valence-corrected chi connectivity index (χ0v) is 13.2. The average Bonchev–Trinajstić information content (AvgIpc) is 2.37. The Morgan fingerprint density at radius 3 is 2.20 bits per heavy atom. The molecule has 0 spiro atoms. The van der Waals surface area contributed by atoms with Crippen LogP contribution >= 0.6 is 0 Å². The second-order valence-corrected chi connectivity index (χ2v) is 6.01. The summed E-state index contributed by atoms with van der Waals surface area (Å²) >= 11 is 0. The van der Waals surface area contributed by atoms with Gasteiger partial charge in [-0.2, -0.15) is 0 Å². The van der Waals surface area contributed by atoms with E-state index in [9.17, 15) is 0 Å². The molecule has 1 nitrogen and oxygen atoms in total. The molecule has 0 aliphatic carbocycles. The molecule has 0 aliphatic rings. The van der Waals surface area contributed by atoms with Crippen LogP contribution in [0, 0.1) is 20.8 Å². The number of nitrogens with one attached hydrogen (secondary N) is 1. The second-order valence-electron chi connectivity index (χ2n) is 6.01. The topological polar surface area (TPSA) is 12.0 Å². The molecule has 0 radical (unpaired) electrons. The summed E-state index contributed by atoms with van der Waals surface area (Å²) < 4.78 is 0. The highest BCUT2D eigenvalue weighted by Gasteiger charge is 2.05. The second kappa shape index (κ2) is 6.13.